The lowest BCUT2D eigenvalue weighted by molar-refractivity contribution is 0.0548. The van der Waals surface area contributed by atoms with E-state index in [1.165, 1.54) is 29.3 Å². The maximum Gasteiger partial charge on any atom is 0.0469 e. The van der Waals surface area contributed by atoms with Gasteiger partial charge >= 0.3 is 0 Å². The summed E-state index contributed by atoms with van der Waals surface area (Å²) in [6, 6.07) is 9.08. The molecule has 0 spiro atoms. The molecule has 1 aromatic carbocycles. The highest BCUT2D eigenvalue weighted by Crippen LogP contribution is 2.25. The van der Waals surface area contributed by atoms with Crippen molar-refractivity contribution in [1.82, 2.24) is 10.3 Å². The number of aromatic amines is 1. The Kier molecular flexibility index (Phi) is 3.85. The average molecular weight is 258 g/mol. The van der Waals surface area contributed by atoms with Gasteiger partial charge in [0.2, 0.25) is 0 Å². The number of likely N-dealkylation sites (N-methyl/N-ethyl adjacent to an activating group) is 1. The van der Waals surface area contributed by atoms with Crippen LogP contribution in [-0.2, 0) is 11.2 Å². The Balaban J connectivity index is 1.78. The molecule has 3 heteroatoms. The van der Waals surface area contributed by atoms with Crippen molar-refractivity contribution in [3.05, 3.63) is 36.0 Å². The Labute approximate surface area is 114 Å². The van der Waals surface area contributed by atoms with E-state index in [1.807, 2.05) is 0 Å². The van der Waals surface area contributed by atoms with Crippen molar-refractivity contribution in [3.63, 3.8) is 0 Å². The molecule has 3 rings (SSSR count). The molecule has 1 saturated heterocycles. The normalized spacial score (nSPS) is 18.8. The average Bonchev–Trinajstić information content (AvgIpc) is 2.89. The van der Waals surface area contributed by atoms with Gasteiger partial charge in [-0.2, -0.15) is 0 Å². The third-order valence-corrected chi connectivity index (χ3v) is 4.32. The van der Waals surface area contributed by atoms with Crippen molar-refractivity contribution in [2.45, 2.75) is 25.3 Å². The predicted molar refractivity (Wildman–Crippen MR) is 78.4 cm³/mol. The van der Waals surface area contributed by atoms with Crippen LogP contribution in [0.15, 0.2) is 30.5 Å². The minimum absolute atomic E-state index is 0.545. The first-order chi connectivity index (χ1) is 9.38. The van der Waals surface area contributed by atoms with Crippen LogP contribution in [0.3, 0.4) is 0 Å². The van der Waals surface area contributed by atoms with Gasteiger partial charge in [-0.25, -0.2) is 0 Å². The SMILES string of the molecule is CNC(Cc1c[nH]c2ccccc12)C1CCOCC1. The topological polar surface area (TPSA) is 37.0 Å². The number of benzene rings is 1. The minimum Gasteiger partial charge on any atom is -0.381 e. The number of nitrogens with one attached hydrogen (secondary N) is 2. The van der Waals surface area contributed by atoms with E-state index in [-0.39, 0.29) is 0 Å². The van der Waals surface area contributed by atoms with E-state index in [4.69, 9.17) is 4.74 Å². The van der Waals surface area contributed by atoms with Gasteiger partial charge in [0, 0.05) is 36.4 Å². The van der Waals surface area contributed by atoms with E-state index in [0.717, 1.165) is 25.6 Å². The highest BCUT2D eigenvalue weighted by molar-refractivity contribution is 5.83. The van der Waals surface area contributed by atoms with Crippen LogP contribution in [0.1, 0.15) is 18.4 Å². The van der Waals surface area contributed by atoms with Crippen molar-refractivity contribution in [3.8, 4) is 0 Å². The van der Waals surface area contributed by atoms with Crippen LogP contribution in [0.2, 0.25) is 0 Å². The van der Waals surface area contributed by atoms with Gasteiger partial charge in [0.15, 0.2) is 0 Å². The second-order valence-corrected chi connectivity index (χ2v) is 5.41. The number of fused-ring (bicyclic) bond motifs is 1. The molecule has 1 aliphatic heterocycles. The fourth-order valence-corrected chi connectivity index (χ4v) is 3.16. The zero-order valence-electron chi connectivity index (χ0n) is 11.5. The number of hydrogen-bond acceptors (Lipinski definition) is 2. The molecule has 1 unspecified atom stereocenters. The summed E-state index contributed by atoms with van der Waals surface area (Å²) in [5, 5.41) is 4.86. The molecule has 0 amide bonds. The number of ether oxygens (including phenoxy) is 1. The summed E-state index contributed by atoms with van der Waals surface area (Å²) in [4.78, 5) is 3.37. The maximum absolute atomic E-state index is 5.47. The van der Waals surface area contributed by atoms with Gasteiger partial charge in [-0.05, 0) is 43.9 Å². The summed E-state index contributed by atoms with van der Waals surface area (Å²) in [6.45, 7) is 1.83. The number of aromatic nitrogens is 1. The van der Waals surface area contributed by atoms with Crippen molar-refractivity contribution >= 4 is 10.9 Å². The van der Waals surface area contributed by atoms with Gasteiger partial charge in [0.1, 0.15) is 0 Å². The van der Waals surface area contributed by atoms with Crippen LogP contribution in [0.4, 0.5) is 0 Å². The molecule has 1 aromatic heterocycles. The molecule has 0 bridgehead atoms. The molecule has 0 radical (unpaired) electrons. The van der Waals surface area contributed by atoms with Crippen LogP contribution < -0.4 is 5.32 Å². The summed E-state index contributed by atoms with van der Waals surface area (Å²) >= 11 is 0. The van der Waals surface area contributed by atoms with E-state index >= 15 is 0 Å². The lowest BCUT2D eigenvalue weighted by Crippen LogP contribution is -2.38. The Hall–Kier alpha value is -1.32. The zero-order valence-corrected chi connectivity index (χ0v) is 11.5. The highest BCUT2D eigenvalue weighted by atomic mass is 16.5. The molecule has 1 atom stereocenters. The van der Waals surface area contributed by atoms with Gasteiger partial charge in [0.25, 0.3) is 0 Å². The maximum atomic E-state index is 5.47. The van der Waals surface area contributed by atoms with Crippen LogP contribution in [0, 0.1) is 5.92 Å². The van der Waals surface area contributed by atoms with Gasteiger partial charge in [-0.15, -0.1) is 0 Å². The summed E-state index contributed by atoms with van der Waals surface area (Å²) in [5.41, 5.74) is 2.65. The first kappa shape index (κ1) is 12.7. The van der Waals surface area contributed by atoms with E-state index < -0.39 is 0 Å². The summed E-state index contributed by atoms with van der Waals surface area (Å²) in [5.74, 6) is 0.729. The molecular formula is C16H22N2O. The number of hydrogen-bond donors (Lipinski definition) is 2. The van der Waals surface area contributed by atoms with E-state index in [0.29, 0.717) is 6.04 Å². The predicted octanol–water partition coefficient (Wildman–Crippen LogP) is 2.73. The summed E-state index contributed by atoms with van der Waals surface area (Å²) in [6.07, 6.45) is 5.60. The Morgan fingerprint density at radius 2 is 2.11 bits per heavy atom. The van der Waals surface area contributed by atoms with E-state index in [2.05, 4.69) is 47.8 Å². The first-order valence-electron chi connectivity index (χ1n) is 7.18. The molecule has 0 saturated carbocycles. The lowest BCUT2D eigenvalue weighted by Gasteiger charge is -2.30. The molecule has 2 heterocycles. The van der Waals surface area contributed by atoms with Crippen LogP contribution in [0.5, 0.6) is 0 Å². The summed E-state index contributed by atoms with van der Waals surface area (Å²) < 4.78 is 5.47. The van der Waals surface area contributed by atoms with Crippen molar-refractivity contribution in [2.24, 2.45) is 5.92 Å². The minimum atomic E-state index is 0.545. The third-order valence-electron chi connectivity index (χ3n) is 4.32. The van der Waals surface area contributed by atoms with Crippen molar-refractivity contribution in [2.75, 3.05) is 20.3 Å². The molecule has 2 N–H and O–H groups in total. The van der Waals surface area contributed by atoms with E-state index in [9.17, 15) is 0 Å². The van der Waals surface area contributed by atoms with E-state index in [1.54, 1.807) is 0 Å². The molecule has 0 aliphatic carbocycles. The molecule has 3 nitrogen and oxygen atoms in total. The Morgan fingerprint density at radius 1 is 1.32 bits per heavy atom. The fraction of sp³-hybridized carbons (Fsp3) is 0.500. The lowest BCUT2D eigenvalue weighted by atomic mass is 9.88. The second-order valence-electron chi connectivity index (χ2n) is 5.41. The Bertz CT molecular complexity index is 528. The van der Waals surface area contributed by atoms with Crippen LogP contribution in [-0.4, -0.2) is 31.3 Å². The smallest absolute Gasteiger partial charge is 0.0469 e. The van der Waals surface area contributed by atoms with Gasteiger partial charge < -0.3 is 15.0 Å². The van der Waals surface area contributed by atoms with Crippen LogP contribution in [0.25, 0.3) is 10.9 Å². The largest absolute Gasteiger partial charge is 0.381 e. The molecular weight excluding hydrogens is 236 g/mol. The summed E-state index contributed by atoms with van der Waals surface area (Å²) in [7, 11) is 2.08. The van der Waals surface area contributed by atoms with Crippen molar-refractivity contribution in [1.29, 1.82) is 0 Å². The molecule has 1 aliphatic rings. The number of H-pyrrole nitrogens is 1. The van der Waals surface area contributed by atoms with Crippen molar-refractivity contribution < 1.29 is 4.74 Å². The van der Waals surface area contributed by atoms with Crippen LogP contribution >= 0.6 is 0 Å². The molecule has 2 aromatic rings. The number of rotatable bonds is 4. The molecule has 19 heavy (non-hydrogen) atoms. The van der Waals surface area contributed by atoms with Gasteiger partial charge in [0.05, 0.1) is 0 Å². The first-order valence-corrected chi connectivity index (χ1v) is 7.18. The monoisotopic (exact) mass is 258 g/mol. The van der Waals surface area contributed by atoms with Gasteiger partial charge in [-0.3, -0.25) is 0 Å². The fourth-order valence-electron chi connectivity index (χ4n) is 3.16. The zero-order chi connectivity index (χ0) is 13.1. The standard InChI is InChI=1S/C16H22N2O/c1-17-16(12-6-8-19-9-7-12)10-13-11-18-15-5-3-2-4-14(13)15/h2-5,11-12,16-18H,6-10H2,1H3. The number of para-hydroxylation sites is 1. The Morgan fingerprint density at radius 3 is 2.89 bits per heavy atom. The molecule has 1 fully saturated rings. The third kappa shape index (κ3) is 2.67. The molecule has 102 valence electrons. The van der Waals surface area contributed by atoms with Gasteiger partial charge in [-0.1, -0.05) is 18.2 Å². The second kappa shape index (κ2) is 5.76. The quantitative estimate of drug-likeness (QED) is 0.884. The highest BCUT2D eigenvalue weighted by Gasteiger charge is 2.23.